The molecule has 1 aliphatic rings. The molecule has 5 nitrogen and oxygen atoms in total. The van der Waals surface area contributed by atoms with Crippen LogP contribution in [0.2, 0.25) is 0 Å². The van der Waals surface area contributed by atoms with Crippen molar-refractivity contribution in [3.05, 3.63) is 0 Å². The Morgan fingerprint density at radius 3 is 2.61 bits per heavy atom. The molecule has 104 valence electrons. The normalized spacial score (nSPS) is 17.6. The lowest BCUT2D eigenvalue weighted by molar-refractivity contribution is -0.141. The molecule has 0 aliphatic carbocycles. The molecule has 1 fully saturated rings. The van der Waals surface area contributed by atoms with Crippen molar-refractivity contribution in [2.45, 2.75) is 39.0 Å². The number of hydrogen-bond donors (Lipinski definition) is 2. The number of likely N-dealkylation sites (tertiary alicyclic amines) is 1. The highest BCUT2D eigenvalue weighted by Crippen LogP contribution is 2.07. The summed E-state index contributed by atoms with van der Waals surface area (Å²) in [6, 6.07) is 0. The van der Waals surface area contributed by atoms with Crippen LogP contribution in [0.15, 0.2) is 0 Å². The maximum absolute atomic E-state index is 11.5. The number of aliphatic carboxylic acids is 1. The molecule has 2 N–H and O–H groups in total. The van der Waals surface area contributed by atoms with E-state index in [1.165, 1.54) is 12.8 Å². The second kappa shape index (κ2) is 8.08. The number of nitrogens with one attached hydrogen (secondary N) is 1. The Labute approximate surface area is 109 Å². The van der Waals surface area contributed by atoms with Gasteiger partial charge in [-0.1, -0.05) is 6.92 Å². The quantitative estimate of drug-likeness (QED) is 0.638. The summed E-state index contributed by atoms with van der Waals surface area (Å²) in [6.45, 7) is 5.35. The Morgan fingerprint density at radius 2 is 2.00 bits per heavy atom. The fourth-order valence-corrected chi connectivity index (χ4v) is 2.11. The largest absolute Gasteiger partial charge is 0.481 e. The van der Waals surface area contributed by atoms with E-state index in [-0.39, 0.29) is 11.8 Å². The van der Waals surface area contributed by atoms with Crippen molar-refractivity contribution in [2.75, 3.05) is 26.2 Å². The first-order valence-electron chi connectivity index (χ1n) is 6.81. The van der Waals surface area contributed by atoms with Crippen molar-refractivity contribution in [1.82, 2.24) is 10.2 Å². The minimum atomic E-state index is -0.768. The highest BCUT2D eigenvalue weighted by atomic mass is 16.4. The van der Waals surface area contributed by atoms with Gasteiger partial charge in [-0.3, -0.25) is 9.59 Å². The van der Waals surface area contributed by atoms with Crippen molar-refractivity contribution in [3.8, 4) is 0 Å². The average Bonchev–Trinajstić information content (AvgIpc) is 2.84. The molecule has 0 saturated carbocycles. The van der Waals surface area contributed by atoms with Gasteiger partial charge in [0.25, 0.3) is 0 Å². The fraction of sp³-hybridized carbons (Fsp3) is 0.846. The van der Waals surface area contributed by atoms with E-state index >= 15 is 0 Å². The smallest absolute Gasteiger partial charge is 0.306 e. The highest BCUT2D eigenvalue weighted by Gasteiger charge is 2.13. The van der Waals surface area contributed by atoms with Gasteiger partial charge in [-0.05, 0) is 38.8 Å². The van der Waals surface area contributed by atoms with E-state index in [0.29, 0.717) is 19.4 Å². The zero-order valence-electron chi connectivity index (χ0n) is 11.2. The Balaban J connectivity index is 1.97. The molecule has 1 atom stereocenters. The van der Waals surface area contributed by atoms with Crippen LogP contribution in [-0.4, -0.2) is 48.1 Å². The summed E-state index contributed by atoms with van der Waals surface area (Å²) in [5.41, 5.74) is 0. The van der Waals surface area contributed by atoms with E-state index in [9.17, 15) is 9.59 Å². The third-order valence-corrected chi connectivity index (χ3v) is 3.41. The van der Waals surface area contributed by atoms with E-state index in [0.717, 1.165) is 26.1 Å². The van der Waals surface area contributed by atoms with E-state index in [4.69, 9.17) is 5.11 Å². The molecule has 0 radical (unpaired) electrons. The number of carboxylic acid groups (broad SMARTS) is 1. The van der Waals surface area contributed by atoms with Crippen LogP contribution in [-0.2, 0) is 9.59 Å². The minimum Gasteiger partial charge on any atom is -0.481 e. The van der Waals surface area contributed by atoms with Gasteiger partial charge in [0.15, 0.2) is 0 Å². The van der Waals surface area contributed by atoms with Crippen LogP contribution in [0.3, 0.4) is 0 Å². The van der Waals surface area contributed by atoms with Gasteiger partial charge in [-0.2, -0.15) is 0 Å². The molecule has 1 heterocycles. The molecule has 0 aromatic heterocycles. The first-order chi connectivity index (χ1) is 8.59. The summed E-state index contributed by atoms with van der Waals surface area (Å²) in [5.74, 6) is -1.02. The number of rotatable bonds is 8. The molecule has 1 rings (SSSR count). The van der Waals surface area contributed by atoms with Crippen LogP contribution in [0.4, 0.5) is 0 Å². The van der Waals surface area contributed by atoms with E-state index in [2.05, 4.69) is 10.2 Å². The standard InChI is InChI=1S/C13H24N2O3/c1-11(13(17)18)5-4-7-14-12(16)6-10-15-8-2-3-9-15/h11H,2-10H2,1H3,(H,14,16)(H,17,18). The predicted octanol–water partition coefficient (Wildman–Crippen LogP) is 1.09. The van der Waals surface area contributed by atoms with Crippen LogP contribution in [0.25, 0.3) is 0 Å². The average molecular weight is 256 g/mol. The summed E-state index contributed by atoms with van der Waals surface area (Å²) in [6.07, 6.45) is 4.38. The van der Waals surface area contributed by atoms with E-state index in [1.807, 2.05) is 0 Å². The zero-order valence-corrected chi connectivity index (χ0v) is 11.2. The first kappa shape index (κ1) is 15.0. The fourth-order valence-electron chi connectivity index (χ4n) is 2.11. The Morgan fingerprint density at radius 1 is 1.33 bits per heavy atom. The van der Waals surface area contributed by atoms with Crippen molar-refractivity contribution in [1.29, 1.82) is 0 Å². The molecule has 1 saturated heterocycles. The number of hydrogen-bond acceptors (Lipinski definition) is 3. The third-order valence-electron chi connectivity index (χ3n) is 3.41. The zero-order chi connectivity index (χ0) is 13.4. The van der Waals surface area contributed by atoms with Crippen LogP contribution in [0.1, 0.15) is 39.0 Å². The molecule has 0 aromatic carbocycles. The van der Waals surface area contributed by atoms with Crippen LogP contribution in [0, 0.1) is 5.92 Å². The topological polar surface area (TPSA) is 69.6 Å². The Kier molecular flexibility index (Phi) is 6.72. The van der Waals surface area contributed by atoms with Gasteiger partial charge in [-0.25, -0.2) is 0 Å². The molecule has 0 bridgehead atoms. The lowest BCUT2D eigenvalue weighted by Gasteiger charge is -2.14. The van der Waals surface area contributed by atoms with Crippen molar-refractivity contribution >= 4 is 11.9 Å². The number of nitrogens with zero attached hydrogens (tertiary/aromatic N) is 1. The summed E-state index contributed by atoms with van der Waals surface area (Å²) < 4.78 is 0. The van der Waals surface area contributed by atoms with E-state index < -0.39 is 5.97 Å². The van der Waals surface area contributed by atoms with Gasteiger partial charge in [0.05, 0.1) is 5.92 Å². The number of carboxylic acids is 1. The summed E-state index contributed by atoms with van der Waals surface area (Å²) >= 11 is 0. The molecule has 1 aliphatic heterocycles. The molecule has 1 unspecified atom stereocenters. The minimum absolute atomic E-state index is 0.0740. The van der Waals surface area contributed by atoms with Crippen molar-refractivity contribution < 1.29 is 14.7 Å². The monoisotopic (exact) mass is 256 g/mol. The molecular formula is C13H24N2O3. The lowest BCUT2D eigenvalue weighted by atomic mass is 10.1. The van der Waals surface area contributed by atoms with Gasteiger partial charge in [-0.15, -0.1) is 0 Å². The molecule has 0 spiro atoms. The summed E-state index contributed by atoms with van der Waals surface area (Å²) in [5, 5.41) is 11.5. The Bertz CT molecular complexity index is 275. The molecule has 18 heavy (non-hydrogen) atoms. The maximum Gasteiger partial charge on any atom is 0.306 e. The number of carbonyl (C=O) groups excluding carboxylic acids is 1. The molecule has 5 heteroatoms. The molecule has 0 aromatic rings. The van der Waals surface area contributed by atoms with Gasteiger partial charge in [0.2, 0.25) is 5.91 Å². The van der Waals surface area contributed by atoms with Gasteiger partial charge < -0.3 is 15.3 Å². The van der Waals surface area contributed by atoms with Gasteiger partial charge in [0.1, 0.15) is 0 Å². The van der Waals surface area contributed by atoms with Gasteiger partial charge >= 0.3 is 5.97 Å². The highest BCUT2D eigenvalue weighted by molar-refractivity contribution is 5.76. The summed E-state index contributed by atoms with van der Waals surface area (Å²) in [7, 11) is 0. The van der Waals surface area contributed by atoms with Crippen LogP contribution < -0.4 is 5.32 Å². The number of carbonyl (C=O) groups is 2. The van der Waals surface area contributed by atoms with Crippen LogP contribution in [0.5, 0.6) is 0 Å². The summed E-state index contributed by atoms with van der Waals surface area (Å²) in [4.78, 5) is 24.4. The third kappa shape index (κ3) is 6.00. The molecular weight excluding hydrogens is 232 g/mol. The van der Waals surface area contributed by atoms with Crippen LogP contribution >= 0.6 is 0 Å². The van der Waals surface area contributed by atoms with E-state index in [1.54, 1.807) is 6.92 Å². The van der Waals surface area contributed by atoms with Crippen molar-refractivity contribution in [3.63, 3.8) is 0 Å². The second-order valence-electron chi connectivity index (χ2n) is 5.03. The SMILES string of the molecule is CC(CCCNC(=O)CCN1CCCC1)C(=O)O. The lowest BCUT2D eigenvalue weighted by Crippen LogP contribution is -2.30. The second-order valence-corrected chi connectivity index (χ2v) is 5.03. The van der Waals surface area contributed by atoms with Gasteiger partial charge in [0, 0.05) is 19.5 Å². The first-order valence-corrected chi connectivity index (χ1v) is 6.81. The predicted molar refractivity (Wildman–Crippen MR) is 69.3 cm³/mol. The molecule has 1 amide bonds. The van der Waals surface area contributed by atoms with Crippen molar-refractivity contribution in [2.24, 2.45) is 5.92 Å². The number of amides is 1. The Hall–Kier alpha value is -1.10. The maximum atomic E-state index is 11.5.